The Morgan fingerprint density at radius 3 is 1.62 bits per heavy atom. The molecule has 0 bridgehead atoms. The van der Waals surface area contributed by atoms with Crippen molar-refractivity contribution < 1.29 is 4.74 Å². The summed E-state index contributed by atoms with van der Waals surface area (Å²) in [6.45, 7) is 13.3. The summed E-state index contributed by atoms with van der Waals surface area (Å²) in [4.78, 5) is 2.36. The summed E-state index contributed by atoms with van der Waals surface area (Å²) >= 11 is 0. The molecule has 0 spiro atoms. The quantitative estimate of drug-likeness (QED) is 0.733. The number of likely N-dealkylation sites (N-methyl/N-ethyl adjacent to an activating group) is 1. The van der Waals surface area contributed by atoms with Crippen LogP contribution in [-0.2, 0) is 4.74 Å². The van der Waals surface area contributed by atoms with Crippen molar-refractivity contribution in [1.29, 1.82) is 0 Å². The van der Waals surface area contributed by atoms with Crippen molar-refractivity contribution in [3.05, 3.63) is 0 Å². The molecule has 2 nitrogen and oxygen atoms in total. The molecule has 96 valence electrons. The SMILES string of the molecule is CN(C)C1(C(OC(C)(C)C)C(C)(C)C)CC1. The largest absolute Gasteiger partial charge is 0.370 e. The lowest BCUT2D eigenvalue weighted by Crippen LogP contribution is -2.52. The summed E-state index contributed by atoms with van der Waals surface area (Å²) in [7, 11) is 4.36. The highest BCUT2D eigenvalue weighted by Crippen LogP contribution is 2.50. The molecule has 0 aromatic rings. The number of rotatable bonds is 3. The molecular weight excluding hydrogens is 198 g/mol. The molecule has 1 aliphatic carbocycles. The normalized spacial score (nSPS) is 22.3. The molecule has 0 aliphatic heterocycles. The third-order valence-electron chi connectivity index (χ3n) is 3.40. The van der Waals surface area contributed by atoms with E-state index in [2.05, 4.69) is 60.5 Å². The molecule has 0 aromatic carbocycles. The van der Waals surface area contributed by atoms with E-state index in [0.717, 1.165) is 0 Å². The number of nitrogens with zero attached hydrogens (tertiary/aromatic N) is 1. The first kappa shape index (κ1) is 14.0. The fourth-order valence-corrected chi connectivity index (χ4v) is 2.52. The molecule has 1 unspecified atom stereocenters. The van der Waals surface area contributed by atoms with Gasteiger partial charge in [-0.25, -0.2) is 0 Å². The van der Waals surface area contributed by atoms with Gasteiger partial charge in [0.1, 0.15) is 0 Å². The molecule has 1 atom stereocenters. The Balaban J connectivity index is 2.90. The third-order valence-corrected chi connectivity index (χ3v) is 3.40. The van der Waals surface area contributed by atoms with Crippen molar-refractivity contribution in [3.63, 3.8) is 0 Å². The second-order valence-corrected chi connectivity index (χ2v) is 7.47. The molecule has 16 heavy (non-hydrogen) atoms. The van der Waals surface area contributed by atoms with E-state index in [9.17, 15) is 0 Å². The van der Waals surface area contributed by atoms with Gasteiger partial charge in [-0.2, -0.15) is 0 Å². The Kier molecular flexibility index (Phi) is 3.49. The zero-order valence-corrected chi connectivity index (χ0v) is 12.3. The second-order valence-electron chi connectivity index (χ2n) is 7.47. The topological polar surface area (TPSA) is 12.5 Å². The van der Waals surface area contributed by atoms with E-state index in [4.69, 9.17) is 4.74 Å². The first-order chi connectivity index (χ1) is 6.99. The summed E-state index contributed by atoms with van der Waals surface area (Å²) in [6.07, 6.45) is 2.82. The highest BCUT2D eigenvalue weighted by molar-refractivity contribution is 5.11. The van der Waals surface area contributed by atoms with E-state index in [1.807, 2.05) is 0 Å². The third kappa shape index (κ3) is 2.98. The van der Waals surface area contributed by atoms with Gasteiger partial charge < -0.3 is 9.64 Å². The van der Waals surface area contributed by atoms with Gasteiger partial charge in [0.15, 0.2) is 0 Å². The van der Waals surface area contributed by atoms with Crippen molar-refractivity contribution in [2.24, 2.45) is 5.41 Å². The highest BCUT2D eigenvalue weighted by Gasteiger charge is 2.56. The Morgan fingerprint density at radius 2 is 1.44 bits per heavy atom. The van der Waals surface area contributed by atoms with Crippen LogP contribution in [0.15, 0.2) is 0 Å². The maximum atomic E-state index is 6.35. The smallest absolute Gasteiger partial charge is 0.0813 e. The van der Waals surface area contributed by atoms with E-state index in [-0.39, 0.29) is 16.6 Å². The molecule has 0 saturated heterocycles. The van der Waals surface area contributed by atoms with Crippen LogP contribution in [0.5, 0.6) is 0 Å². The average molecular weight is 227 g/mol. The fraction of sp³-hybridized carbons (Fsp3) is 1.00. The van der Waals surface area contributed by atoms with Crippen LogP contribution in [0.25, 0.3) is 0 Å². The number of hydrogen-bond donors (Lipinski definition) is 0. The Hall–Kier alpha value is -0.0800. The van der Waals surface area contributed by atoms with Crippen LogP contribution in [0.1, 0.15) is 54.4 Å². The van der Waals surface area contributed by atoms with Gasteiger partial charge in [0, 0.05) is 5.54 Å². The van der Waals surface area contributed by atoms with Gasteiger partial charge in [0.2, 0.25) is 0 Å². The Bertz CT molecular complexity index is 240. The number of hydrogen-bond acceptors (Lipinski definition) is 2. The van der Waals surface area contributed by atoms with Crippen LogP contribution in [0.2, 0.25) is 0 Å². The Morgan fingerprint density at radius 1 is 1.00 bits per heavy atom. The van der Waals surface area contributed by atoms with Crippen LogP contribution in [0, 0.1) is 5.41 Å². The van der Waals surface area contributed by atoms with Gasteiger partial charge in [-0.15, -0.1) is 0 Å². The summed E-state index contributed by atoms with van der Waals surface area (Å²) in [5.74, 6) is 0. The molecule has 2 heteroatoms. The highest BCUT2D eigenvalue weighted by atomic mass is 16.5. The van der Waals surface area contributed by atoms with Crippen LogP contribution in [0.3, 0.4) is 0 Å². The van der Waals surface area contributed by atoms with Gasteiger partial charge in [0.05, 0.1) is 11.7 Å². The van der Waals surface area contributed by atoms with Crippen LogP contribution in [-0.4, -0.2) is 36.2 Å². The van der Waals surface area contributed by atoms with Crippen molar-refractivity contribution in [2.75, 3.05) is 14.1 Å². The molecule has 0 radical (unpaired) electrons. The molecule has 0 N–H and O–H groups in total. The van der Waals surface area contributed by atoms with Crippen LogP contribution < -0.4 is 0 Å². The van der Waals surface area contributed by atoms with E-state index in [1.165, 1.54) is 12.8 Å². The lowest BCUT2D eigenvalue weighted by molar-refractivity contribution is -0.141. The summed E-state index contributed by atoms with van der Waals surface area (Å²) < 4.78 is 6.35. The lowest BCUT2D eigenvalue weighted by atomic mass is 9.82. The van der Waals surface area contributed by atoms with Gasteiger partial charge in [0.25, 0.3) is 0 Å². The maximum Gasteiger partial charge on any atom is 0.0813 e. The van der Waals surface area contributed by atoms with E-state index >= 15 is 0 Å². The molecule has 0 heterocycles. The van der Waals surface area contributed by atoms with Crippen molar-refractivity contribution in [1.82, 2.24) is 4.90 Å². The minimum absolute atomic E-state index is 0.0659. The summed E-state index contributed by atoms with van der Waals surface area (Å²) in [5, 5.41) is 0. The van der Waals surface area contributed by atoms with Crippen molar-refractivity contribution >= 4 is 0 Å². The second kappa shape index (κ2) is 3.99. The molecule has 1 fully saturated rings. The van der Waals surface area contributed by atoms with Gasteiger partial charge in [-0.05, 0) is 53.1 Å². The summed E-state index contributed by atoms with van der Waals surface area (Å²) in [6, 6.07) is 0. The fourth-order valence-electron chi connectivity index (χ4n) is 2.52. The maximum absolute atomic E-state index is 6.35. The Labute approximate surface area is 101 Å². The van der Waals surface area contributed by atoms with Gasteiger partial charge in [-0.3, -0.25) is 0 Å². The summed E-state index contributed by atoms with van der Waals surface area (Å²) in [5.41, 5.74) is 0.392. The predicted molar refractivity (Wildman–Crippen MR) is 69.7 cm³/mol. The minimum Gasteiger partial charge on any atom is -0.370 e. The minimum atomic E-state index is -0.0659. The van der Waals surface area contributed by atoms with Crippen LogP contribution in [0.4, 0.5) is 0 Å². The van der Waals surface area contributed by atoms with Crippen molar-refractivity contribution in [2.45, 2.75) is 71.6 Å². The molecule has 0 aromatic heterocycles. The molecule has 1 aliphatic rings. The zero-order valence-electron chi connectivity index (χ0n) is 12.3. The lowest BCUT2D eigenvalue weighted by Gasteiger charge is -2.44. The standard InChI is InChI=1S/C14H29NO/c1-12(2,3)11(16-13(4,5)6)14(9-10-14)15(7)8/h11H,9-10H2,1-8H3. The zero-order chi connectivity index (χ0) is 12.8. The first-order valence-corrected chi connectivity index (χ1v) is 6.34. The first-order valence-electron chi connectivity index (χ1n) is 6.34. The molecule has 1 rings (SSSR count). The van der Waals surface area contributed by atoms with Crippen LogP contribution >= 0.6 is 0 Å². The monoisotopic (exact) mass is 227 g/mol. The molecule has 1 saturated carbocycles. The number of ether oxygens (including phenoxy) is 1. The van der Waals surface area contributed by atoms with E-state index in [1.54, 1.807) is 0 Å². The van der Waals surface area contributed by atoms with Crippen molar-refractivity contribution in [3.8, 4) is 0 Å². The van der Waals surface area contributed by atoms with Gasteiger partial charge >= 0.3 is 0 Å². The molecule has 0 amide bonds. The van der Waals surface area contributed by atoms with E-state index < -0.39 is 0 Å². The van der Waals surface area contributed by atoms with Gasteiger partial charge in [-0.1, -0.05) is 20.8 Å². The average Bonchev–Trinajstić information content (AvgIpc) is 2.76. The molecular formula is C14H29NO. The predicted octanol–water partition coefficient (Wildman–Crippen LogP) is 3.31. The van der Waals surface area contributed by atoms with E-state index in [0.29, 0.717) is 6.10 Å².